The van der Waals surface area contributed by atoms with Crippen molar-refractivity contribution < 1.29 is 13.2 Å². The van der Waals surface area contributed by atoms with Crippen LogP contribution in [0.5, 0.6) is 0 Å². The van der Waals surface area contributed by atoms with Gasteiger partial charge in [0, 0.05) is 7.28 Å². The first-order valence-corrected chi connectivity index (χ1v) is 6.57. The molecule has 0 radical (unpaired) electrons. The summed E-state index contributed by atoms with van der Waals surface area (Å²) in [5.74, 6) is 0. The van der Waals surface area contributed by atoms with Crippen LogP contribution in [0.2, 0.25) is 0 Å². The molecular formula is C16H15BF3-. The van der Waals surface area contributed by atoms with Crippen molar-refractivity contribution in [2.45, 2.75) is 13.1 Å². The first-order chi connectivity index (χ1) is 9.40. The summed E-state index contributed by atoms with van der Waals surface area (Å²) in [6.45, 7) is 5.44. The molecule has 0 bridgehead atoms. The van der Waals surface area contributed by atoms with Crippen LogP contribution >= 0.6 is 0 Å². The summed E-state index contributed by atoms with van der Waals surface area (Å²) in [7, 11) is -0.611. The van der Waals surface area contributed by atoms with E-state index in [1.807, 2.05) is 24.3 Å². The van der Waals surface area contributed by atoms with Gasteiger partial charge in [0.15, 0.2) is 0 Å². The van der Waals surface area contributed by atoms with E-state index >= 15 is 0 Å². The Hall–Kier alpha value is -1.97. The molecule has 0 aliphatic carbocycles. The predicted molar refractivity (Wildman–Crippen MR) is 80.5 cm³/mol. The summed E-state index contributed by atoms with van der Waals surface area (Å²) >= 11 is 0. The van der Waals surface area contributed by atoms with Crippen molar-refractivity contribution >= 4 is 24.3 Å². The second-order valence-electron chi connectivity index (χ2n) is 5.16. The lowest BCUT2D eigenvalue weighted by atomic mass is 9.62. The Morgan fingerprint density at radius 1 is 1.05 bits per heavy atom. The van der Waals surface area contributed by atoms with E-state index in [4.69, 9.17) is 0 Å². The molecule has 2 rings (SSSR count). The summed E-state index contributed by atoms with van der Waals surface area (Å²) in [5.41, 5.74) is 3.41. The SMILES string of the molecule is C=Cc1ccc([BH2-]c2ccc(C(F)(F)F)cc2C)cc1. The molecule has 0 aliphatic rings. The highest BCUT2D eigenvalue weighted by Gasteiger charge is 2.30. The van der Waals surface area contributed by atoms with E-state index in [0.717, 1.165) is 11.0 Å². The van der Waals surface area contributed by atoms with Crippen LogP contribution in [0.3, 0.4) is 0 Å². The first kappa shape index (κ1) is 14.4. The van der Waals surface area contributed by atoms with Crippen LogP contribution in [0, 0.1) is 6.92 Å². The van der Waals surface area contributed by atoms with Crippen molar-refractivity contribution in [3.05, 3.63) is 65.7 Å². The monoisotopic (exact) mass is 275 g/mol. The number of halogens is 3. The number of hydrogen-bond donors (Lipinski definition) is 0. The Morgan fingerprint density at radius 2 is 1.70 bits per heavy atom. The Bertz CT molecular complexity index is 613. The van der Waals surface area contributed by atoms with Crippen LogP contribution in [0.1, 0.15) is 16.7 Å². The number of aryl methyl sites for hydroxylation is 1. The fourth-order valence-corrected chi connectivity index (χ4v) is 2.38. The molecule has 0 N–H and O–H groups in total. The lowest BCUT2D eigenvalue weighted by Crippen LogP contribution is -2.29. The second-order valence-corrected chi connectivity index (χ2v) is 5.16. The summed E-state index contributed by atoms with van der Waals surface area (Å²) in [5, 5.41) is 0. The van der Waals surface area contributed by atoms with Crippen molar-refractivity contribution in [3.8, 4) is 0 Å². The maximum Gasteiger partial charge on any atom is 0.416 e. The topological polar surface area (TPSA) is 0 Å². The molecule has 0 saturated heterocycles. The number of rotatable bonds is 3. The third-order valence-corrected chi connectivity index (χ3v) is 3.71. The van der Waals surface area contributed by atoms with Gasteiger partial charge in [-0.3, -0.25) is 0 Å². The third kappa shape index (κ3) is 3.32. The van der Waals surface area contributed by atoms with Gasteiger partial charge in [0.2, 0.25) is 0 Å². The molecular weight excluding hydrogens is 260 g/mol. The van der Waals surface area contributed by atoms with Gasteiger partial charge in [0.1, 0.15) is 0 Å². The normalized spacial score (nSPS) is 11.4. The minimum atomic E-state index is -4.27. The van der Waals surface area contributed by atoms with Gasteiger partial charge in [0.05, 0.1) is 5.56 Å². The average molecular weight is 275 g/mol. The molecule has 0 aromatic heterocycles. The molecule has 20 heavy (non-hydrogen) atoms. The van der Waals surface area contributed by atoms with Crippen LogP contribution in [0.25, 0.3) is 6.08 Å². The van der Waals surface area contributed by atoms with Crippen molar-refractivity contribution in [1.82, 2.24) is 0 Å². The molecule has 104 valence electrons. The van der Waals surface area contributed by atoms with Gasteiger partial charge in [-0.1, -0.05) is 60.7 Å². The van der Waals surface area contributed by atoms with E-state index < -0.39 is 19.0 Å². The molecule has 4 heteroatoms. The lowest BCUT2D eigenvalue weighted by molar-refractivity contribution is -0.137. The zero-order valence-electron chi connectivity index (χ0n) is 11.5. The quantitative estimate of drug-likeness (QED) is 0.756. The van der Waals surface area contributed by atoms with E-state index in [2.05, 4.69) is 6.58 Å². The zero-order valence-corrected chi connectivity index (χ0v) is 11.5. The van der Waals surface area contributed by atoms with Gasteiger partial charge in [-0.2, -0.15) is 13.2 Å². The van der Waals surface area contributed by atoms with E-state index in [0.29, 0.717) is 5.56 Å². The Balaban J connectivity index is 2.23. The predicted octanol–water partition coefficient (Wildman–Crippen LogP) is 2.78. The summed E-state index contributed by atoms with van der Waals surface area (Å²) in [6.07, 6.45) is -2.50. The van der Waals surface area contributed by atoms with Crippen molar-refractivity contribution in [3.63, 3.8) is 0 Å². The van der Waals surface area contributed by atoms with E-state index in [1.54, 1.807) is 19.1 Å². The molecule has 0 heterocycles. The molecule has 0 fully saturated rings. The Kier molecular flexibility index (Phi) is 4.02. The standard InChI is InChI=1S/C16H15BF3/c1-3-12-4-7-14(8-5-12)17-15-9-6-13(10-11(15)2)16(18,19)20/h3-10H,1,17H2,2H3/q-1. The fourth-order valence-electron chi connectivity index (χ4n) is 2.38. The van der Waals surface area contributed by atoms with Gasteiger partial charge in [-0.25, -0.2) is 10.9 Å². The van der Waals surface area contributed by atoms with E-state index in [-0.39, 0.29) is 0 Å². The highest BCUT2D eigenvalue weighted by Crippen LogP contribution is 2.28. The van der Waals surface area contributed by atoms with Crippen LogP contribution in [-0.4, -0.2) is 7.28 Å². The van der Waals surface area contributed by atoms with Crippen LogP contribution in [0.15, 0.2) is 49.0 Å². The number of hydrogen-bond acceptors (Lipinski definition) is 0. The average Bonchev–Trinajstić information content (AvgIpc) is 2.41. The lowest BCUT2D eigenvalue weighted by Gasteiger charge is -2.15. The van der Waals surface area contributed by atoms with Crippen molar-refractivity contribution in [2.24, 2.45) is 0 Å². The van der Waals surface area contributed by atoms with Gasteiger partial charge in [0.25, 0.3) is 0 Å². The maximum atomic E-state index is 12.6. The molecule has 0 amide bonds. The largest absolute Gasteiger partial charge is 0.416 e. The molecule has 0 nitrogen and oxygen atoms in total. The fraction of sp³-hybridized carbons (Fsp3) is 0.125. The smallest absolute Gasteiger partial charge is 0.212 e. The maximum absolute atomic E-state index is 12.6. The van der Waals surface area contributed by atoms with Crippen LogP contribution < -0.4 is 10.9 Å². The second kappa shape index (κ2) is 5.57. The molecule has 0 unspecified atom stereocenters. The Morgan fingerprint density at radius 3 is 2.20 bits per heavy atom. The summed E-state index contributed by atoms with van der Waals surface area (Å²) < 4.78 is 37.8. The van der Waals surface area contributed by atoms with E-state index in [1.165, 1.54) is 17.6 Å². The van der Waals surface area contributed by atoms with E-state index in [9.17, 15) is 13.2 Å². The van der Waals surface area contributed by atoms with Crippen LogP contribution in [-0.2, 0) is 6.18 Å². The Labute approximate surface area is 117 Å². The molecule has 0 spiro atoms. The summed E-state index contributed by atoms with van der Waals surface area (Å²) in [6, 6.07) is 12.0. The minimum absolute atomic E-state index is 0.577. The highest BCUT2D eigenvalue weighted by molar-refractivity contribution is 6.67. The van der Waals surface area contributed by atoms with Gasteiger partial charge in [-0.05, 0) is 12.5 Å². The van der Waals surface area contributed by atoms with Gasteiger partial charge < -0.3 is 0 Å². The first-order valence-electron chi connectivity index (χ1n) is 6.57. The molecule has 2 aromatic rings. The highest BCUT2D eigenvalue weighted by atomic mass is 19.4. The molecule has 0 atom stereocenters. The number of alkyl halides is 3. The van der Waals surface area contributed by atoms with Crippen molar-refractivity contribution in [1.29, 1.82) is 0 Å². The van der Waals surface area contributed by atoms with Gasteiger partial charge in [-0.15, -0.1) is 0 Å². The molecule has 0 saturated carbocycles. The molecule has 2 aromatic carbocycles. The molecule has 0 aliphatic heterocycles. The number of benzene rings is 2. The summed E-state index contributed by atoms with van der Waals surface area (Å²) in [4.78, 5) is 0. The zero-order chi connectivity index (χ0) is 14.8. The van der Waals surface area contributed by atoms with Gasteiger partial charge >= 0.3 is 6.18 Å². The van der Waals surface area contributed by atoms with Crippen LogP contribution in [0.4, 0.5) is 13.2 Å². The third-order valence-electron chi connectivity index (χ3n) is 3.71. The van der Waals surface area contributed by atoms with Crippen molar-refractivity contribution in [2.75, 3.05) is 0 Å². The minimum Gasteiger partial charge on any atom is -0.212 e.